The van der Waals surface area contributed by atoms with Crippen LogP contribution in [0.2, 0.25) is 0 Å². The lowest BCUT2D eigenvalue weighted by Gasteiger charge is -2.32. The smallest absolute Gasteiger partial charge is 0.407 e. The first-order chi connectivity index (χ1) is 19.7. The zero-order chi connectivity index (χ0) is 31.5. The lowest BCUT2D eigenvalue weighted by atomic mass is 9.82. The zero-order valence-electron chi connectivity index (χ0n) is 27.5. The molecule has 1 aromatic heterocycles. The van der Waals surface area contributed by atoms with Crippen molar-refractivity contribution in [2.24, 2.45) is 17.3 Å². The summed E-state index contributed by atoms with van der Waals surface area (Å²) in [4.78, 5) is 25.7. The topological polar surface area (TPSA) is 115 Å². The number of unbranched alkanes of at least 4 members (excludes halogenated alkanes) is 1. The molecule has 0 aliphatic carbocycles. The van der Waals surface area contributed by atoms with Crippen LogP contribution in [0.3, 0.4) is 0 Å². The number of benzene rings is 1. The van der Waals surface area contributed by atoms with Crippen molar-refractivity contribution in [1.82, 2.24) is 20.4 Å². The fraction of sp³-hybridized carbons (Fsp3) is 0.727. The third-order valence-corrected chi connectivity index (χ3v) is 7.83. The molecule has 1 aromatic carbocycles. The summed E-state index contributed by atoms with van der Waals surface area (Å²) in [5.74, 6) is 0.338. The van der Waals surface area contributed by atoms with Gasteiger partial charge in [0.25, 0.3) is 0 Å². The van der Waals surface area contributed by atoms with E-state index in [1.165, 1.54) is 5.56 Å². The summed E-state index contributed by atoms with van der Waals surface area (Å²) < 4.78 is 12.7. The number of nitrogens with zero attached hydrogens (tertiary/aromatic N) is 2. The van der Waals surface area contributed by atoms with Crippen molar-refractivity contribution in [2.75, 3.05) is 20.3 Å². The van der Waals surface area contributed by atoms with Crippen molar-refractivity contribution in [1.29, 1.82) is 0 Å². The molecule has 0 radical (unpaired) electrons. The number of rotatable bonds is 17. The summed E-state index contributed by atoms with van der Waals surface area (Å²) in [5, 5.41) is 22.8. The molecule has 238 valence electrons. The number of methoxy groups -OCH3 is 1. The minimum absolute atomic E-state index is 0.0479. The highest BCUT2D eigenvalue weighted by Crippen LogP contribution is 2.27. The third kappa shape index (κ3) is 11.6. The molecule has 42 heavy (non-hydrogen) atoms. The maximum Gasteiger partial charge on any atom is 0.407 e. The second-order valence-corrected chi connectivity index (χ2v) is 13.6. The van der Waals surface area contributed by atoms with Crippen molar-refractivity contribution in [3.05, 3.63) is 30.0 Å². The third-order valence-electron chi connectivity index (χ3n) is 7.83. The molecule has 1 heterocycles. The van der Waals surface area contributed by atoms with Gasteiger partial charge in [0, 0.05) is 37.6 Å². The summed E-state index contributed by atoms with van der Waals surface area (Å²) >= 11 is 0. The van der Waals surface area contributed by atoms with Crippen LogP contribution in [0.25, 0.3) is 10.9 Å². The lowest BCUT2D eigenvalue weighted by Crippen LogP contribution is -2.51. The van der Waals surface area contributed by atoms with Crippen molar-refractivity contribution in [3.63, 3.8) is 0 Å². The number of hydrogen-bond donors (Lipinski definition) is 3. The maximum atomic E-state index is 12.9. The largest absolute Gasteiger partial charge is 0.444 e. The minimum atomic E-state index is -0.977. The maximum absolute atomic E-state index is 12.9. The number of aliphatic hydroxyl groups excluding tert-OH is 1. The van der Waals surface area contributed by atoms with Crippen LogP contribution in [0.1, 0.15) is 93.1 Å². The van der Waals surface area contributed by atoms with Crippen molar-refractivity contribution < 1.29 is 24.2 Å². The van der Waals surface area contributed by atoms with Gasteiger partial charge in [-0.1, -0.05) is 59.6 Å². The predicted molar refractivity (Wildman–Crippen MR) is 168 cm³/mol. The van der Waals surface area contributed by atoms with E-state index >= 15 is 0 Å². The highest BCUT2D eigenvalue weighted by molar-refractivity contribution is 5.81. The summed E-state index contributed by atoms with van der Waals surface area (Å²) in [5.41, 5.74) is 1.06. The molecule has 0 saturated heterocycles. The van der Waals surface area contributed by atoms with Gasteiger partial charge in [-0.05, 0) is 69.9 Å². The van der Waals surface area contributed by atoms with Crippen LogP contribution in [0, 0.1) is 17.3 Å². The number of carbonyl (C=O) groups excluding carboxylic acids is 2. The van der Waals surface area contributed by atoms with Crippen LogP contribution in [-0.2, 0) is 27.2 Å². The SMILES string of the molecule is CCCCC(C)(C)C(=O)NC[C@H](O)[C@H](C[C@H](Cc1ccc2cnn(CCCOC)c2c1)C(C)C)NC(=O)OC(C)(C)C. The molecule has 2 amide bonds. The van der Waals surface area contributed by atoms with Gasteiger partial charge in [-0.25, -0.2) is 4.79 Å². The van der Waals surface area contributed by atoms with Gasteiger partial charge >= 0.3 is 6.09 Å². The number of nitrogens with one attached hydrogen (secondary N) is 2. The molecule has 0 aliphatic rings. The van der Waals surface area contributed by atoms with E-state index in [0.717, 1.165) is 49.6 Å². The number of aryl methyl sites for hydroxylation is 1. The van der Waals surface area contributed by atoms with Gasteiger partial charge in [0.15, 0.2) is 0 Å². The monoisotopic (exact) mass is 588 g/mol. The van der Waals surface area contributed by atoms with E-state index in [1.807, 2.05) is 45.5 Å². The first-order valence-corrected chi connectivity index (χ1v) is 15.6. The Morgan fingerprint density at radius 2 is 1.83 bits per heavy atom. The average Bonchev–Trinajstić information content (AvgIpc) is 3.30. The Balaban J connectivity index is 2.22. The number of hydrogen-bond acceptors (Lipinski definition) is 6. The molecule has 0 saturated carbocycles. The molecule has 3 N–H and O–H groups in total. The van der Waals surface area contributed by atoms with Crippen molar-refractivity contribution in [3.8, 4) is 0 Å². The molecule has 0 aliphatic heterocycles. The molecule has 2 aromatic rings. The van der Waals surface area contributed by atoms with E-state index in [9.17, 15) is 14.7 Å². The van der Waals surface area contributed by atoms with Crippen LogP contribution in [-0.4, -0.2) is 64.9 Å². The van der Waals surface area contributed by atoms with Crippen LogP contribution in [0.5, 0.6) is 0 Å². The number of alkyl carbamates (subject to hydrolysis) is 1. The van der Waals surface area contributed by atoms with Gasteiger partial charge < -0.3 is 25.2 Å². The Hall–Kier alpha value is -2.65. The highest BCUT2D eigenvalue weighted by atomic mass is 16.6. The first-order valence-electron chi connectivity index (χ1n) is 15.6. The number of amides is 2. The zero-order valence-corrected chi connectivity index (χ0v) is 27.5. The van der Waals surface area contributed by atoms with Gasteiger partial charge in [-0.15, -0.1) is 0 Å². The Labute approximate surface area is 253 Å². The molecule has 9 heteroatoms. The number of aromatic nitrogens is 2. The minimum Gasteiger partial charge on any atom is -0.444 e. The fourth-order valence-corrected chi connectivity index (χ4v) is 5.08. The molecule has 0 unspecified atom stereocenters. The number of ether oxygens (including phenoxy) is 2. The van der Waals surface area contributed by atoms with E-state index in [-0.39, 0.29) is 24.3 Å². The Kier molecular flexibility index (Phi) is 13.8. The second kappa shape index (κ2) is 16.3. The highest BCUT2D eigenvalue weighted by Gasteiger charge is 2.31. The van der Waals surface area contributed by atoms with Crippen LogP contribution in [0.4, 0.5) is 4.79 Å². The number of aliphatic hydroxyl groups is 1. The van der Waals surface area contributed by atoms with Gasteiger partial charge in [-0.2, -0.15) is 5.10 Å². The van der Waals surface area contributed by atoms with Gasteiger partial charge in [0.2, 0.25) is 5.91 Å². The summed E-state index contributed by atoms with van der Waals surface area (Å²) in [6.07, 6.45) is 5.26. The van der Waals surface area contributed by atoms with Crippen molar-refractivity contribution in [2.45, 2.75) is 118 Å². The standard InChI is InChI=1S/C33H56N4O5/c1-10-11-15-33(7,8)30(39)34-22-29(38)27(36-31(40)42-32(4,5)6)20-26(23(2)3)18-24-13-14-25-21-35-37(28(25)19-24)16-12-17-41-9/h13-14,19,21,23,26-27,29,38H,10-12,15-18,20,22H2,1-9H3,(H,34,39)(H,36,40)/t26-,27-,29-/m0/s1. The Morgan fingerprint density at radius 3 is 2.45 bits per heavy atom. The van der Waals surface area contributed by atoms with Gasteiger partial charge in [0.05, 0.1) is 23.9 Å². The van der Waals surface area contributed by atoms with E-state index < -0.39 is 29.3 Å². The molecular formula is C33H56N4O5. The van der Waals surface area contributed by atoms with Crippen LogP contribution >= 0.6 is 0 Å². The molecule has 0 bridgehead atoms. The first kappa shape index (κ1) is 35.5. The number of fused-ring (bicyclic) bond motifs is 1. The molecular weight excluding hydrogens is 532 g/mol. The van der Waals surface area contributed by atoms with Crippen LogP contribution < -0.4 is 10.6 Å². The summed E-state index contributed by atoms with van der Waals surface area (Å²) in [7, 11) is 1.70. The molecule has 2 rings (SSSR count). The van der Waals surface area contributed by atoms with Crippen molar-refractivity contribution >= 4 is 22.9 Å². The second-order valence-electron chi connectivity index (χ2n) is 13.6. The van der Waals surface area contributed by atoms with E-state index in [1.54, 1.807) is 7.11 Å². The average molecular weight is 589 g/mol. The van der Waals surface area contributed by atoms with Gasteiger partial charge in [0.1, 0.15) is 5.60 Å². The van der Waals surface area contributed by atoms with Gasteiger partial charge in [-0.3, -0.25) is 9.48 Å². The summed E-state index contributed by atoms with van der Waals surface area (Å²) in [6, 6.07) is 5.82. The number of carbonyl (C=O) groups is 2. The van der Waals surface area contributed by atoms with E-state index in [2.05, 4.69) is 54.7 Å². The fourth-order valence-electron chi connectivity index (χ4n) is 5.08. The normalized spacial score (nSPS) is 14.5. The lowest BCUT2D eigenvalue weighted by molar-refractivity contribution is -0.130. The Bertz CT molecular complexity index is 1120. The van der Waals surface area contributed by atoms with E-state index in [0.29, 0.717) is 13.0 Å². The summed E-state index contributed by atoms with van der Waals surface area (Å²) in [6.45, 7) is 17.2. The molecule has 9 nitrogen and oxygen atoms in total. The molecule has 0 spiro atoms. The quantitative estimate of drug-likeness (QED) is 0.199. The van der Waals surface area contributed by atoms with E-state index in [4.69, 9.17) is 9.47 Å². The molecule has 3 atom stereocenters. The Morgan fingerprint density at radius 1 is 1.12 bits per heavy atom. The molecule has 0 fully saturated rings. The van der Waals surface area contributed by atoms with Crippen LogP contribution in [0.15, 0.2) is 24.4 Å². The predicted octanol–water partition coefficient (Wildman–Crippen LogP) is 5.86.